The van der Waals surface area contributed by atoms with Gasteiger partial charge in [0.15, 0.2) is 17.5 Å². The van der Waals surface area contributed by atoms with Gasteiger partial charge in [-0.3, -0.25) is 4.99 Å². The lowest BCUT2D eigenvalue weighted by molar-refractivity contribution is 0.552. The summed E-state index contributed by atoms with van der Waals surface area (Å²) in [6, 6.07) is 69.6. The highest BCUT2D eigenvalue weighted by molar-refractivity contribution is 6.13. The molecule has 4 nitrogen and oxygen atoms in total. The minimum atomic E-state index is 0.122. The quantitative estimate of drug-likeness (QED) is 0.151. The molecule has 9 aromatic rings. The van der Waals surface area contributed by atoms with Gasteiger partial charge >= 0.3 is 0 Å². The molecule has 0 amide bonds. The Morgan fingerprint density at radius 2 is 1.08 bits per heavy atom. The molecule has 4 unspecified atom stereocenters. The normalized spacial score (nSPS) is 18.5. The second-order valence-corrected chi connectivity index (χ2v) is 17.2. The van der Waals surface area contributed by atoms with Crippen LogP contribution in [0, 0.1) is 5.92 Å². The van der Waals surface area contributed by atoms with Crippen molar-refractivity contribution in [2.45, 2.75) is 30.6 Å². The average Bonchev–Trinajstić information content (AvgIpc) is 3.38. The summed E-state index contributed by atoms with van der Waals surface area (Å²) in [5.41, 5.74) is 15.1. The molecule has 12 rings (SSSR count). The van der Waals surface area contributed by atoms with Crippen LogP contribution < -0.4 is 0 Å². The molecule has 8 aromatic carbocycles. The highest BCUT2D eigenvalue weighted by atomic mass is 15.0. The van der Waals surface area contributed by atoms with Gasteiger partial charge in [0.05, 0.1) is 11.4 Å². The number of rotatable bonds is 7. The summed E-state index contributed by atoms with van der Waals surface area (Å²) < 4.78 is 0. The molecule has 0 saturated carbocycles. The number of nitrogens with zero attached hydrogens (tertiary/aromatic N) is 4. The monoisotopic (exact) mass is 820 g/mol. The van der Waals surface area contributed by atoms with E-state index in [1.54, 1.807) is 0 Å². The molecule has 0 fully saturated rings. The van der Waals surface area contributed by atoms with Crippen molar-refractivity contribution in [1.29, 1.82) is 0 Å². The van der Waals surface area contributed by atoms with E-state index in [1.165, 1.54) is 44.2 Å². The summed E-state index contributed by atoms with van der Waals surface area (Å²) in [7, 11) is 0. The van der Waals surface area contributed by atoms with E-state index < -0.39 is 0 Å². The molecule has 0 saturated heterocycles. The van der Waals surface area contributed by atoms with Crippen molar-refractivity contribution in [3.8, 4) is 45.3 Å². The minimum absolute atomic E-state index is 0.122. The molecule has 64 heavy (non-hydrogen) atoms. The summed E-state index contributed by atoms with van der Waals surface area (Å²) in [4.78, 5) is 20.9. The Hall–Kier alpha value is -7.82. The van der Waals surface area contributed by atoms with Crippen LogP contribution in [0.5, 0.6) is 0 Å². The maximum atomic E-state index is 5.51. The molecule has 1 aliphatic heterocycles. The molecule has 304 valence electrons. The Kier molecular flexibility index (Phi) is 9.56. The second kappa shape index (κ2) is 16.1. The lowest BCUT2D eigenvalue weighted by Gasteiger charge is -2.36. The van der Waals surface area contributed by atoms with Gasteiger partial charge in [-0.25, -0.2) is 15.0 Å². The number of fused-ring (bicyclic) bond motifs is 6. The summed E-state index contributed by atoms with van der Waals surface area (Å²) in [5.74, 6) is 2.71. The zero-order valence-electron chi connectivity index (χ0n) is 35.3. The van der Waals surface area contributed by atoms with Crippen LogP contribution in [0.3, 0.4) is 0 Å². The van der Waals surface area contributed by atoms with Crippen LogP contribution in [0.15, 0.2) is 217 Å². The van der Waals surface area contributed by atoms with Crippen LogP contribution in [0.2, 0.25) is 0 Å². The molecule has 0 N–H and O–H groups in total. The van der Waals surface area contributed by atoms with Crippen LogP contribution >= 0.6 is 0 Å². The SMILES string of the molecule is C1=CC(c2cccc(C3c4ccc5ccccc5c4N=C4c5ccccc5C=CC43)c2)C(c2cccc(-c3nc(-c4ccccc4)nc(-c4cccc(-c5ccccc5)c4)n3)c2)CC1. The fourth-order valence-electron chi connectivity index (χ4n) is 10.3. The number of benzene rings is 8. The Balaban J connectivity index is 0.925. The van der Waals surface area contributed by atoms with Gasteiger partial charge in [-0.15, -0.1) is 0 Å². The molecular weight excluding hydrogens is 777 g/mol. The van der Waals surface area contributed by atoms with Crippen molar-refractivity contribution < 1.29 is 0 Å². The van der Waals surface area contributed by atoms with Gasteiger partial charge in [-0.2, -0.15) is 0 Å². The third-order valence-electron chi connectivity index (χ3n) is 13.4. The highest BCUT2D eigenvalue weighted by Crippen LogP contribution is 2.50. The van der Waals surface area contributed by atoms with Crippen LogP contribution in [-0.2, 0) is 0 Å². The third-order valence-corrected chi connectivity index (χ3v) is 13.4. The van der Waals surface area contributed by atoms with E-state index in [1.807, 2.05) is 24.3 Å². The molecule has 1 aromatic heterocycles. The van der Waals surface area contributed by atoms with Crippen LogP contribution in [-0.4, -0.2) is 20.7 Å². The third kappa shape index (κ3) is 6.89. The second-order valence-electron chi connectivity index (χ2n) is 17.2. The van der Waals surface area contributed by atoms with E-state index in [0.29, 0.717) is 17.5 Å². The molecule has 2 heterocycles. The summed E-state index contributed by atoms with van der Waals surface area (Å²) in [5, 5.41) is 2.42. The van der Waals surface area contributed by atoms with E-state index in [-0.39, 0.29) is 23.7 Å². The van der Waals surface area contributed by atoms with Crippen LogP contribution in [0.25, 0.3) is 62.1 Å². The summed E-state index contributed by atoms with van der Waals surface area (Å²) in [6.45, 7) is 0. The molecule has 0 spiro atoms. The number of hydrogen-bond donors (Lipinski definition) is 0. The first-order chi connectivity index (χ1) is 31.7. The van der Waals surface area contributed by atoms with Crippen molar-refractivity contribution >= 4 is 28.2 Å². The number of hydrogen-bond acceptors (Lipinski definition) is 4. The highest BCUT2D eigenvalue weighted by Gasteiger charge is 2.37. The largest absolute Gasteiger partial charge is 0.251 e. The first-order valence-electron chi connectivity index (χ1n) is 22.4. The first kappa shape index (κ1) is 37.9. The fourth-order valence-corrected chi connectivity index (χ4v) is 10.3. The number of aromatic nitrogens is 3. The van der Waals surface area contributed by atoms with E-state index in [9.17, 15) is 0 Å². The van der Waals surface area contributed by atoms with E-state index >= 15 is 0 Å². The maximum absolute atomic E-state index is 5.51. The molecular formula is C60H44N4. The molecule has 2 aliphatic carbocycles. The predicted octanol–water partition coefficient (Wildman–Crippen LogP) is 14.8. The van der Waals surface area contributed by atoms with Gasteiger partial charge in [-0.1, -0.05) is 206 Å². The fraction of sp³-hybridized carbons (Fsp3) is 0.100. The Morgan fingerprint density at radius 1 is 0.438 bits per heavy atom. The Bertz CT molecular complexity index is 3310. The molecule has 0 bridgehead atoms. The van der Waals surface area contributed by atoms with Crippen LogP contribution in [0.4, 0.5) is 5.69 Å². The Morgan fingerprint density at radius 3 is 1.92 bits per heavy atom. The predicted molar refractivity (Wildman–Crippen MR) is 263 cm³/mol. The number of aliphatic imine (C=N–C) groups is 1. The zero-order valence-corrected chi connectivity index (χ0v) is 35.3. The van der Waals surface area contributed by atoms with Gasteiger partial charge in [-0.05, 0) is 75.2 Å². The average molecular weight is 821 g/mol. The minimum Gasteiger partial charge on any atom is -0.251 e. The van der Waals surface area contributed by atoms with Crippen LogP contribution in [0.1, 0.15) is 64.0 Å². The molecule has 4 atom stereocenters. The van der Waals surface area contributed by atoms with Gasteiger partial charge < -0.3 is 0 Å². The Labute approximate surface area is 374 Å². The van der Waals surface area contributed by atoms with Crippen molar-refractivity contribution in [2.75, 3.05) is 0 Å². The first-order valence-corrected chi connectivity index (χ1v) is 22.4. The smallest absolute Gasteiger partial charge is 0.164 e. The van der Waals surface area contributed by atoms with Crippen molar-refractivity contribution in [3.63, 3.8) is 0 Å². The topological polar surface area (TPSA) is 51.0 Å². The summed E-state index contributed by atoms with van der Waals surface area (Å²) in [6.07, 6.45) is 11.6. The zero-order chi connectivity index (χ0) is 42.4. The number of allylic oxidation sites excluding steroid dienone is 3. The van der Waals surface area contributed by atoms with Crippen molar-refractivity contribution in [3.05, 3.63) is 246 Å². The standard InChI is InChI=1S/C60H44N4/c1-3-16-39(17-4-1)43-22-13-26-47(36-43)59-62-58(42-20-5-2-6-21-42)63-60(64-59)48-27-15-24-45(38-48)50-29-12-11-28-49(50)44-23-14-25-46(37-44)55-53-34-32-40-18-7-9-30-51(40)56(53)61-57-52-31-10-8-19-41(52)33-35-54(55)57/h1-11,13-28,30-38,49-50,53,55H,12,29H2. The molecule has 4 heteroatoms. The van der Waals surface area contributed by atoms with Gasteiger partial charge in [0.2, 0.25) is 0 Å². The lowest BCUT2D eigenvalue weighted by atomic mass is 9.70. The maximum Gasteiger partial charge on any atom is 0.164 e. The van der Waals surface area contributed by atoms with Gasteiger partial charge in [0, 0.05) is 45.4 Å². The van der Waals surface area contributed by atoms with E-state index in [0.717, 1.165) is 52.1 Å². The van der Waals surface area contributed by atoms with E-state index in [2.05, 4.69) is 194 Å². The van der Waals surface area contributed by atoms with Gasteiger partial charge in [0.1, 0.15) is 0 Å². The lowest BCUT2D eigenvalue weighted by Crippen LogP contribution is -2.28. The van der Waals surface area contributed by atoms with Crippen molar-refractivity contribution in [2.24, 2.45) is 10.9 Å². The molecule has 0 radical (unpaired) electrons. The molecule has 3 aliphatic rings. The van der Waals surface area contributed by atoms with E-state index in [4.69, 9.17) is 19.9 Å². The summed E-state index contributed by atoms with van der Waals surface area (Å²) >= 11 is 0. The van der Waals surface area contributed by atoms with Gasteiger partial charge in [0.25, 0.3) is 0 Å². The van der Waals surface area contributed by atoms with Crippen molar-refractivity contribution in [1.82, 2.24) is 15.0 Å².